The zero-order valence-electron chi connectivity index (χ0n) is 16.6. The van der Waals surface area contributed by atoms with Crippen molar-refractivity contribution in [2.45, 2.75) is 57.4 Å². The SMILES string of the molecule is C=CCOc1ccc(C(=O)N2CCCCC2CCN2CCCCCC2)cc1. The molecule has 27 heavy (non-hydrogen) atoms. The highest BCUT2D eigenvalue weighted by molar-refractivity contribution is 5.94. The molecule has 0 N–H and O–H groups in total. The molecule has 4 nitrogen and oxygen atoms in total. The molecule has 3 rings (SSSR count). The van der Waals surface area contributed by atoms with Gasteiger partial charge in [-0.3, -0.25) is 4.79 Å². The van der Waals surface area contributed by atoms with E-state index < -0.39 is 0 Å². The molecular weight excluding hydrogens is 336 g/mol. The van der Waals surface area contributed by atoms with Crippen molar-refractivity contribution in [3.8, 4) is 5.75 Å². The summed E-state index contributed by atoms with van der Waals surface area (Å²) >= 11 is 0. The lowest BCUT2D eigenvalue weighted by molar-refractivity contribution is 0.0584. The minimum atomic E-state index is 0.172. The first-order valence-electron chi connectivity index (χ1n) is 10.6. The average Bonchev–Trinajstić information content (AvgIpc) is 3.00. The van der Waals surface area contributed by atoms with Gasteiger partial charge in [0.2, 0.25) is 0 Å². The first kappa shape index (κ1) is 19.9. The summed E-state index contributed by atoms with van der Waals surface area (Å²) in [5, 5.41) is 0. The number of hydrogen-bond acceptors (Lipinski definition) is 3. The summed E-state index contributed by atoms with van der Waals surface area (Å²) in [6.07, 6.45) is 11.7. The normalized spacial score (nSPS) is 21.5. The molecule has 2 heterocycles. The second kappa shape index (κ2) is 10.5. The Balaban J connectivity index is 1.58. The van der Waals surface area contributed by atoms with Crippen molar-refractivity contribution in [1.29, 1.82) is 0 Å². The van der Waals surface area contributed by atoms with E-state index in [1.807, 2.05) is 24.3 Å². The van der Waals surface area contributed by atoms with E-state index in [-0.39, 0.29) is 5.91 Å². The molecule has 2 aliphatic rings. The molecule has 2 saturated heterocycles. The van der Waals surface area contributed by atoms with Gasteiger partial charge in [-0.2, -0.15) is 0 Å². The monoisotopic (exact) mass is 370 g/mol. The van der Waals surface area contributed by atoms with Gasteiger partial charge in [0.25, 0.3) is 5.91 Å². The van der Waals surface area contributed by atoms with Gasteiger partial charge in [-0.05, 0) is 75.9 Å². The maximum atomic E-state index is 13.1. The van der Waals surface area contributed by atoms with Crippen LogP contribution in [-0.2, 0) is 0 Å². The lowest BCUT2D eigenvalue weighted by Gasteiger charge is -2.37. The Morgan fingerprint density at radius 1 is 1.04 bits per heavy atom. The van der Waals surface area contributed by atoms with Crippen LogP contribution in [0.25, 0.3) is 0 Å². The topological polar surface area (TPSA) is 32.8 Å². The Labute approximate surface area is 164 Å². The van der Waals surface area contributed by atoms with Crippen LogP contribution in [0.2, 0.25) is 0 Å². The number of carbonyl (C=O) groups excluding carboxylic acids is 1. The van der Waals surface area contributed by atoms with Gasteiger partial charge in [0.05, 0.1) is 0 Å². The molecule has 2 fully saturated rings. The van der Waals surface area contributed by atoms with Crippen molar-refractivity contribution in [3.05, 3.63) is 42.5 Å². The fraction of sp³-hybridized carbons (Fsp3) is 0.609. The van der Waals surface area contributed by atoms with E-state index in [2.05, 4.69) is 16.4 Å². The molecule has 0 radical (unpaired) electrons. The number of hydrogen-bond donors (Lipinski definition) is 0. The molecule has 148 valence electrons. The van der Waals surface area contributed by atoms with Crippen LogP contribution < -0.4 is 4.74 Å². The summed E-state index contributed by atoms with van der Waals surface area (Å²) in [5.41, 5.74) is 0.766. The Kier molecular flexibility index (Phi) is 7.76. The van der Waals surface area contributed by atoms with Crippen LogP contribution in [0.1, 0.15) is 61.7 Å². The van der Waals surface area contributed by atoms with E-state index in [0.29, 0.717) is 12.6 Å². The molecule has 1 aromatic carbocycles. The second-order valence-corrected chi connectivity index (χ2v) is 7.82. The molecule has 0 aliphatic carbocycles. The summed E-state index contributed by atoms with van der Waals surface area (Å²) in [6, 6.07) is 7.92. The van der Waals surface area contributed by atoms with Gasteiger partial charge in [-0.25, -0.2) is 0 Å². The van der Waals surface area contributed by atoms with Gasteiger partial charge in [0.1, 0.15) is 12.4 Å². The van der Waals surface area contributed by atoms with Crippen molar-refractivity contribution < 1.29 is 9.53 Å². The number of nitrogens with zero attached hydrogens (tertiary/aromatic N) is 2. The number of amides is 1. The Morgan fingerprint density at radius 3 is 2.44 bits per heavy atom. The van der Waals surface area contributed by atoms with E-state index in [0.717, 1.165) is 43.7 Å². The maximum absolute atomic E-state index is 13.1. The molecule has 2 aliphatic heterocycles. The lowest BCUT2D eigenvalue weighted by atomic mass is 9.97. The summed E-state index contributed by atoms with van der Waals surface area (Å²) in [5.74, 6) is 0.952. The third kappa shape index (κ3) is 5.83. The molecular formula is C23H34N2O2. The quantitative estimate of drug-likeness (QED) is 0.662. The third-order valence-corrected chi connectivity index (χ3v) is 5.83. The number of rotatable bonds is 7. The lowest BCUT2D eigenvalue weighted by Crippen LogP contribution is -2.45. The van der Waals surface area contributed by atoms with Crippen LogP contribution in [-0.4, -0.2) is 54.5 Å². The highest BCUT2D eigenvalue weighted by atomic mass is 16.5. The van der Waals surface area contributed by atoms with Crippen LogP contribution in [0.15, 0.2) is 36.9 Å². The summed E-state index contributed by atoms with van der Waals surface area (Å²) in [4.78, 5) is 17.8. The Hall–Kier alpha value is -1.81. The molecule has 0 saturated carbocycles. The summed E-state index contributed by atoms with van der Waals surface area (Å²) in [6.45, 7) is 8.62. The number of likely N-dealkylation sites (tertiary alicyclic amines) is 2. The smallest absolute Gasteiger partial charge is 0.254 e. The number of carbonyl (C=O) groups is 1. The van der Waals surface area contributed by atoms with E-state index in [9.17, 15) is 4.79 Å². The average molecular weight is 371 g/mol. The highest BCUT2D eigenvalue weighted by Gasteiger charge is 2.27. The van der Waals surface area contributed by atoms with Crippen molar-refractivity contribution in [1.82, 2.24) is 9.80 Å². The zero-order valence-corrected chi connectivity index (χ0v) is 16.6. The van der Waals surface area contributed by atoms with E-state index in [1.165, 1.54) is 45.2 Å². The molecule has 1 atom stereocenters. The van der Waals surface area contributed by atoms with Crippen LogP contribution in [0.3, 0.4) is 0 Å². The van der Waals surface area contributed by atoms with Crippen LogP contribution in [0.4, 0.5) is 0 Å². The van der Waals surface area contributed by atoms with Gasteiger partial charge in [0, 0.05) is 24.7 Å². The number of ether oxygens (including phenoxy) is 1. The van der Waals surface area contributed by atoms with Crippen molar-refractivity contribution >= 4 is 5.91 Å². The van der Waals surface area contributed by atoms with Gasteiger partial charge >= 0.3 is 0 Å². The summed E-state index contributed by atoms with van der Waals surface area (Å²) in [7, 11) is 0. The van der Waals surface area contributed by atoms with Crippen LogP contribution in [0.5, 0.6) is 5.75 Å². The van der Waals surface area contributed by atoms with Gasteiger partial charge in [0.15, 0.2) is 0 Å². The van der Waals surface area contributed by atoms with Gasteiger partial charge in [-0.15, -0.1) is 0 Å². The van der Waals surface area contributed by atoms with Crippen molar-refractivity contribution in [3.63, 3.8) is 0 Å². The zero-order chi connectivity index (χ0) is 18.9. The highest BCUT2D eigenvalue weighted by Crippen LogP contribution is 2.24. The van der Waals surface area contributed by atoms with E-state index >= 15 is 0 Å². The standard InChI is InChI=1S/C23H34N2O2/c1-2-19-27-22-12-10-20(11-13-22)23(26)25-17-8-5-9-21(25)14-18-24-15-6-3-4-7-16-24/h2,10-13,21H,1,3-9,14-19H2. The predicted molar refractivity (Wildman–Crippen MR) is 110 cm³/mol. The molecule has 0 aromatic heterocycles. The summed E-state index contributed by atoms with van der Waals surface area (Å²) < 4.78 is 5.52. The predicted octanol–water partition coefficient (Wildman–Crippen LogP) is 4.51. The largest absolute Gasteiger partial charge is 0.490 e. The fourth-order valence-corrected chi connectivity index (χ4v) is 4.27. The molecule has 1 aromatic rings. The van der Waals surface area contributed by atoms with Gasteiger partial charge < -0.3 is 14.5 Å². The first-order valence-corrected chi connectivity index (χ1v) is 10.6. The Bertz CT molecular complexity index is 591. The molecule has 4 heteroatoms. The van der Waals surface area contributed by atoms with E-state index in [4.69, 9.17) is 4.74 Å². The van der Waals surface area contributed by atoms with E-state index in [1.54, 1.807) is 6.08 Å². The minimum Gasteiger partial charge on any atom is -0.490 e. The van der Waals surface area contributed by atoms with Gasteiger partial charge in [-0.1, -0.05) is 25.5 Å². The number of benzene rings is 1. The molecule has 0 bridgehead atoms. The first-order chi connectivity index (χ1) is 13.3. The van der Waals surface area contributed by atoms with Crippen LogP contribution in [0, 0.1) is 0 Å². The minimum absolute atomic E-state index is 0.172. The maximum Gasteiger partial charge on any atom is 0.254 e. The molecule has 1 amide bonds. The van der Waals surface area contributed by atoms with Crippen molar-refractivity contribution in [2.24, 2.45) is 0 Å². The third-order valence-electron chi connectivity index (χ3n) is 5.83. The molecule has 1 unspecified atom stereocenters. The Morgan fingerprint density at radius 2 is 1.74 bits per heavy atom. The number of piperidine rings is 1. The fourth-order valence-electron chi connectivity index (χ4n) is 4.27. The van der Waals surface area contributed by atoms with Crippen LogP contribution >= 0.6 is 0 Å². The van der Waals surface area contributed by atoms with Crippen molar-refractivity contribution in [2.75, 3.05) is 32.8 Å². The molecule has 0 spiro atoms. The second-order valence-electron chi connectivity index (χ2n) is 7.82.